The largest absolute Gasteiger partial charge is 0.496 e. The number of carbonyl (C=O) groups is 2. The first-order chi connectivity index (χ1) is 9.99. The lowest BCUT2D eigenvalue weighted by Gasteiger charge is -2.13. The van der Waals surface area contributed by atoms with E-state index in [0.717, 1.165) is 12.7 Å². The zero-order valence-electron chi connectivity index (χ0n) is 13.1. The summed E-state index contributed by atoms with van der Waals surface area (Å²) >= 11 is 0. The lowest BCUT2D eigenvalue weighted by atomic mass is 10.00. The Morgan fingerprint density at radius 1 is 1.24 bits per heavy atom. The minimum Gasteiger partial charge on any atom is -0.496 e. The highest BCUT2D eigenvalue weighted by Gasteiger charge is 2.13. The second-order valence-corrected chi connectivity index (χ2v) is 4.37. The first-order valence-electron chi connectivity index (χ1n) is 6.47. The minimum absolute atomic E-state index is 0.149. The molecule has 1 aromatic rings. The summed E-state index contributed by atoms with van der Waals surface area (Å²) in [6.07, 6.45) is 0. The Labute approximate surface area is 125 Å². The molecule has 118 valence electrons. The zero-order valence-corrected chi connectivity index (χ0v) is 13.1. The molecule has 0 saturated heterocycles. The Bertz CT molecular complexity index is 471. The van der Waals surface area contributed by atoms with Crippen LogP contribution in [0.4, 0.5) is 0 Å². The van der Waals surface area contributed by atoms with Crippen molar-refractivity contribution in [3.05, 3.63) is 29.3 Å². The van der Waals surface area contributed by atoms with Gasteiger partial charge in [0.25, 0.3) is 5.91 Å². The van der Waals surface area contributed by atoms with E-state index in [2.05, 4.69) is 23.9 Å². The lowest BCUT2D eigenvalue weighted by Crippen LogP contribution is -2.30. The summed E-state index contributed by atoms with van der Waals surface area (Å²) < 4.78 is 9.73. The van der Waals surface area contributed by atoms with Crippen LogP contribution in [0.2, 0.25) is 0 Å². The van der Waals surface area contributed by atoms with Crippen LogP contribution in [0.1, 0.15) is 35.7 Å². The van der Waals surface area contributed by atoms with Crippen molar-refractivity contribution in [2.45, 2.75) is 19.8 Å². The van der Waals surface area contributed by atoms with Gasteiger partial charge in [0.05, 0.1) is 14.2 Å². The monoisotopic (exact) mass is 297 g/mol. The molecule has 6 heteroatoms. The predicted octanol–water partition coefficient (Wildman–Crippen LogP) is 1.33. The van der Waals surface area contributed by atoms with Gasteiger partial charge < -0.3 is 19.9 Å². The van der Waals surface area contributed by atoms with E-state index in [9.17, 15) is 9.59 Å². The van der Waals surface area contributed by atoms with Gasteiger partial charge in [-0.25, -0.2) is 0 Å². The highest BCUT2D eigenvalue weighted by molar-refractivity contribution is 5.96. The number of benzene rings is 1. The molecule has 0 aliphatic heterocycles. The Hall–Kier alpha value is -2.08. The van der Waals surface area contributed by atoms with E-state index >= 15 is 0 Å². The average molecular weight is 297 g/mol. The number of amides is 1. The summed E-state index contributed by atoms with van der Waals surface area (Å²) in [6.45, 7) is 3.95. The highest BCUT2D eigenvalue weighted by atomic mass is 16.5. The normalized spacial score (nSPS) is 9.48. The van der Waals surface area contributed by atoms with Gasteiger partial charge in [0, 0.05) is 12.7 Å². The Kier molecular flexibility index (Phi) is 8.80. The average Bonchev–Trinajstić information content (AvgIpc) is 2.53. The molecule has 0 atom stereocenters. The van der Waals surface area contributed by atoms with E-state index in [-0.39, 0.29) is 12.5 Å². The van der Waals surface area contributed by atoms with Gasteiger partial charge in [0.1, 0.15) is 12.3 Å². The van der Waals surface area contributed by atoms with Crippen molar-refractivity contribution in [1.82, 2.24) is 5.32 Å². The summed E-state index contributed by atoms with van der Waals surface area (Å²) in [4.78, 5) is 22.8. The van der Waals surface area contributed by atoms with E-state index in [1.54, 1.807) is 19.2 Å². The Balaban J connectivity index is 0.00000191. The molecule has 1 rings (SSSR count). The number of nitrogens with one attached hydrogen (secondary N) is 1. The van der Waals surface area contributed by atoms with E-state index in [1.807, 2.05) is 6.07 Å². The fourth-order valence-corrected chi connectivity index (χ4v) is 1.66. The third-order valence-electron chi connectivity index (χ3n) is 2.74. The van der Waals surface area contributed by atoms with Crippen molar-refractivity contribution in [3.63, 3.8) is 0 Å². The number of hydrogen-bond donors (Lipinski definition) is 2. The second-order valence-electron chi connectivity index (χ2n) is 4.37. The van der Waals surface area contributed by atoms with Crippen LogP contribution >= 0.6 is 0 Å². The molecule has 0 spiro atoms. The zero-order chi connectivity index (χ0) is 16.4. The van der Waals surface area contributed by atoms with Gasteiger partial charge in [-0.2, -0.15) is 0 Å². The van der Waals surface area contributed by atoms with Crippen LogP contribution in [-0.4, -0.2) is 44.9 Å². The highest BCUT2D eigenvalue weighted by Crippen LogP contribution is 2.27. The van der Waals surface area contributed by atoms with Gasteiger partial charge in [-0.05, 0) is 23.6 Å². The van der Waals surface area contributed by atoms with Crippen LogP contribution < -0.4 is 10.1 Å². The number of rotatable bonds is 5. The maximum atomic E-state index is 11.8. The van der Waals surface area contributed by atoms with Gasteiger partial charge in [0.15, 0.2) is 0 Å². The molecule has 1 amide bonds. The standard InChI is InChI=1S/C14H19NO4.CH4O/c1-9(2)11-6-5-10(7-12(11)18-3)14(17)15-8-13(16)19-4;1-2/h5-7,9H,8H2,1-4H3,(H,15,17);2H,1H3. The smallest absolute Gasteiger partial charge is 0.325 e. The number of methoxy groups -OCH3 is 2. The summed E-state index contributed by atoms with van der Waals surface area (Å²) in [5, 5.41) is 9.48. The van der Waals surface area contributed by atoms with E-state index < -0.39 is 5.97 Å². The summed E-state index contributed by atoms with van der Waals surface area (Å²) in [7, 11) is 3.84. The van der Waals surface area contributed by atoms with Gasteiger partial charge in [-0.15, -0.1) is 0 Å². The second kappa shape index (κ2) is 9.77. The number of ether oxygens (including phenoxy) is 2. The molecule has 0 heterocycles. The minimum atomic E-state index is -0.487. The van der Waals surface area contributed by atoms with Crippen LogP contribution in [0.3, 0.4) is 0 Å². The Morgan fingerprint density at radius 2 is 1.86 bits per heavy atom. The molecule has 0 aliphatic carbocycles. The van der Waals surface area contributed by atoms with Crippen molar-refractivity contribution >= 4 is 11.9 Å². The fraction of sp³-hybridized carbons (Fsp3) is 0.467. The topological polar surface area (TPSA) is 84.9 Å². The van der Waals surface area contributed by atoms with Crippen molar-refractivity contribution in [2.75, 3.05) is 27.9 Å². The molecule has 0 aromatic heterocycles. The predicted molar refractivity (Wildman–Crippen MR) is 79.6 cm³/mol. The molecular weight excluding hydrogens is 274 g/mol. The van der Waals surface area contributed by atoms with Gasteiger partial charge in [0.2, 0.25) is 0 Å². The van der Waals surface area contributed by atoms with Crippen LogP contribution in [0.15, 0.2) is 18.2 Å². The summed E-state index contributed by atoms with van der Waals surface area (Å²) in [5.41, 5.74) is 1.48. The van der Waals surface area contributed by atoms with Crippen LogP contribution in [0.5, 0.6) is 5.75 Å². The molecule has 21 heavy (non-hydrogen) atoms. The van der Waals surface area contributed by atoms with Crippen molar-refractivity contribution in [2.24, 2.45) is 0 Å². The van der Waals surface area contributed by atoms with E-state index in [1.165, 1.54) is 7.11 Å². The van der Waals surface area contributed by atoms with Gasteiger partial charge in [-0.1, -0.05) is 19.9 Å². The van der Waals surface area contributed by atoms with Crippen molar-refractivity contribution < 1.29 is 24.2 Å². The molecule has 1 aromatic carbocycles. The number of hydrogen-bond acceptors (Lipinski definition) is 5. The maximum absolute atomic E-state index is 11.8. The maximum Gasteiger partial charge on any atom is 0.325 e. The fourth-order valence-electron chi connectivity index (χ4n) is 1.66. The number of esters is 1. The first kappa shape index (κ1) is 18.9. The third kappa shape index (κ3) is 5.83. The molecule has 0 bridgehead atoms. The number of aliphatic hydroxyl groups excluding tert-OH is 1. The van der Waals surface area contributed by atoms with E-state index in [0.29, 0.717) is 17.2 Å². The number of carbonyl (C=O) groups excluding carboxylic acids is 2. The van der Waals surface area contributed by atoms with Crippen LogP contribution in [-0.2, 0) is 9.53 Å². The molecule has 0 saturated carbocycles. The molecule has 0 radical (unpaired) electrons. The van der Waals surface area contributed by atoms with Crippen LogP contribution in [0, 0.1) is 0 Å². The Morgan fingerprint density at radius 3 is 2.33 bits per heavy atom. The summed E-state index contributed by atoms with van der Waals surface area (Å²) in [5.74, 6) is 0.154. The van der Waals surface area contributed by atoms with Crippen molar-refractivity contribution in [3.8, 4) is 5.75 Å². The SMILES string of the molecule is CO.COC(=O)CNC(=O)c1ccc(C(C)C)c(OC)c1. The molecule has 0 aliphatic rings. The third-order valence-corrected chi connectivity index (χ3v) is 2.74. The summed E-state index contributed by atoms with van der Waals surface area (Å²) in [6, 6.07) is 5.24. The van der Waals surface area contributed by atoms with Crippen LogP contribution in [0.25, 0.3) is 0 Å². The number of aliphatic hydroxyl groups is 1. The van der Waals surface area contributed by atoms with Gasteiger partial charge >= 0.3 is 5.97 Å². The van der Waals surface area contributed by atoms with Crippen molar-refractivity contribution in [1.29, 1.82) is 0 Å². The lowest BCUT2D eigenvalue weighted by molar-refractivity contribution is -0.139. The molecule has 2 N–H and O–H groups in total. The molecular formula is C15H23NO5. The first-order valence-corrected chi connectivity index (χ1v) is 6.47. The van der Waals surface area contributed by atoms with Gasteiger partial charge in [-0.3, -0.25) is 9.59 Å². The quantitative estimate of drug-likeness (QED) is 0.801. The molecule has 0 unspecified atom stereocenters. The molecule has 0 fully saturated rings. The molecule has 6 nitrogen and oxygen atoms in total. The van der Waals surface area contributed by atoms with E-state index in [4.69, 9.17) is 9.84 Å².